The number of amidine groups is 1. The average molecular weight is 281 g/mol. The summed E-state index contributed by atoms with van der Waals surface area (Å²) >= 11 is 0. The van der Waals surface area contributed by atoms with Gasteiger partial charge in [0.1, 0.15) is 0 Å². The summed E-state index contributed by atoms with van der Waals surface area (Å²) in [5, 5.41) is 22.4. The number of rotatable bonds is 8. The van der Waals surface area contributed by atoms with Gasteiger partial charge < -0.3 is 15.7 Å². The SMILES string of the molecule is CCCCCCOc1ccc(C(N)=NO)cc1[N+](=O)[O-]. The minimum absolute atomic E-state index is 0.178. The van der Waals surface area contributed by atoms with Crippen LogP contribution in [0.4, 0.5) is 5.69 Å². The molecule has 0 heterocycles. The number of oxime groups is 1. The Morgan fingerprint density at radius 1 is 1.45 bits per heavy atom. The van der Waals surface area contributed by atoms with Crippen molar-refractivity contribution in [3.63, 3.8) is 0 Å². The van der Waals surface area contributed by atoms with E-state index in [0.29, 0.717) is 6.61 Å². The Morgan fingerprint density at radius 2 is 2.20 bits per heavy atom. The molecule has 1 rings (SSSR count). The van der Waals surface area contributed by atoms with Gasteiger partial charge in [-0.3, -0.25) is 10.1 Å². The zero-order valence-corrected chi connectivity index (χ0v) is 11.4. The molecule has 0 saturated heterocycles. The molecule has 7 nitrogen and oxygen atoms in total. The van der Waals surface area contributed by atoms with Crippen LogP contribution in [-0.4, -0.2) is 22.6 Å². The monoisotopic (exact) mass is 281 g/mol. The van der Waals surface area contributed by atoms with Crippen LogP contribution in [0.3, 0.4) is 0 Å². The van der Waals surface area contributed by atoms with Gasteiger partial charge in [-0.15, -0.1) is 0 Å². The van der Waals surface area contributed by atoms with Crippen molar-refractivity contribution in [3.05, 3.63) is 33.9 Å². The molecular weight excluding hydrogens is 262 g/mol. The van der Waals surface area contributed by atoms with E-state index in [1.54, 1.807) is 0 Å². The number of nitro benzene ring substituents is 1. The summed E-state index contributed by atoms with van der Waals surface area (Å²) in [6, 6.07) is 4.21. The molecule has 0 atom stereocenters. The number of nitrogens with zero attached hydrogens (tertiary/aromatic N) is 2. The second kappa shape index (κ2) is 7.98. The maximum atomic E-state index is 11.0. The molecule has 0 amide bonds. The highest BCUT2D eigenvalue weighted by Gasteiger charge is 2.17. The van der Waals surface area contributed by atoms with E-state index in [2.05, 4.69) is 12.1 Å². The molecule has 0 aliphatic carbocycles. The van der Waals surface area contributed by atoms with Crippen LogP contribution in [0.1, 0.15) is 38.2 Å². The molecule has 20 heavy (non-hydrogen) atoms. The number of hydrogen-bond acceptors (Lipinski definition) is 5. The highest BCUT2D eigenvalue weighted by Crippen LogP contribution is 2.28. The summed E-state index contributed by atoms with van der Waals surface area (Å²) in [7, 11) is 0. The minimum atomic E-state index is -0.546. The standard InChI is InChI=1S/C13H19N3O4/c1-2-3-4-5-8-20-12-7-6-10(13(14)15-17)9-11(12)16(18)19/h6-7,9,17H,2-5,8H2,1H3,(H2,14,15). The van der Waals surface area contributed by atoms with Crippen LogP contribution < -0.4 is 10.5 Å². The molecule has 0 spiro atoms. The zero-order valence-electron chi connectivity index (χ0n) is 11.4. The second-order valence-electron chi connectivity index (χ2n) is 4.33. The first kappa shape index (κ1) is 15.7. The van der Waals surface area contributed by atoms with E-state index in [1.165, 1.54) is 18.2 Å². The Balaban J connectivity index is 2.78. The first-order valence-corrected chi connectivity index (χ1v) is 6.49. The van der Waals surface area contributed by atoms with Crippen molar-refractivity contribution in [1.29, 1.82) is 0 Å². The van der Waals surface area contributed by atoms with E-state index in [0.717, 1.165) is 25.7 Å². The van der Waals surface area contributed by atoms with Gasteiger partial charge in [-0.1, -0.05) is 31.3 Å². The van der Waals surface area contributed by atoms with Gasteiger partial charge >= 0.3 is 5.69 Å². The van der Waals surface area contributed by atoms with Crippen molar-refractivity contribution in [2.24, 2.45) is 10.9 Å². The first-order chi connectivity index (χ1) is 9.60. The highest BCUT2D eigenvalue weighted by molar-refractivity contribution is 5.97. The molecule has 1 aromatic carbocycles. The first-order valence-electron chi connectivity index (χ1n) is 6.49. The molecule has 0 aliphatic rings. The topological polar surface area (TPSA) is 111 Å². The molecule has 0 radical (unpaired) electrons. The maximum Gasteiger partial charge on any atom is 0.311 e. The van der Waals surface area contributed by atoms with Gasteiger partial charge in [-0.05, 0) is 18.6 Å². The van der Waals surface area contributed by atoms with E-state index >= 15 is 0 Å². The van der Waals surface area contributed by atoms with Gasteiger partial charge in [0.25, 0.3) is 0 Å². The summed E-state index contributed by atoms with van der Waals surface area (Å²) in [6.45, 7) is 2.54. The second-order valence-corrected chi connectivity index (χ2v) is 4.33. The molecule has 0 saturated carbocycles. The molecule has 3 N–H and O–H groups in total. The van der Waals surface area contributed by atoms with Crippen LogP contribution in [0.2, 0.25) is 0 Å². The van der Waals surface area contributed by atoms with Gasteiger partial charge in [0.2, 0.25) is 0 Å². The Morgan fingerprint density at radius 3 is 2.80 bits per heavy atom. The van der Waals surface area contributed by atoms with Crippen molar-refractivity contribution < 1.29 is 14.9 Å². The fourth-order valence-corrected chi connectivity index (χ4v) is 1.71. The predicted molar refractivity (Wildman–Crippen MR) is 75.2 cm³/mol. The number of unbranched alkanes of at least 4 members (excludes halogenated alkanes) is 3. The molecule has 0 aliphatic heterocycles. The van der Waals surface area contributed by atoms with Crippen LogP contribution >= 0.6 is 0 Å². The summed E-state index contributed by atoms with van der Waals surface area (Å²) in [5.41, 5.74) is 5.49. The Bertz CT molecular complexity index is 489. The van der Waals surface area contributed by atoms with Crippen molar-refractivity contribution in [2.45, 2.75) is 32.6 Å². The summed E-state index contributed by atoms with van der Waals surface area (Å²) in [5.74, 6) is 0.0172. The Labute approximate surface area is 117 Å². The molecule has 0 unspecified atom stereocenters. The lowest BCUT2D eigenvalue weighted by Gasteiger charge is -2.07. The van der Waals surface area contributed by atoms with Crippen LogP contribution in [0.5, 0.6) is 5.75 Å². The molecular formula is C13H19N3O4. The van der Waals surface area contributed by atoms with E-state index in [9.17, 15) is 10.1 Å². The molecule has 110 valence electrons. The third kappa shape index (κ3) is 4.42. The fraction of sp³-hybridized carbons (Fsp3) is 0.462. The normalized spacial score (nSPS) is 11.3. The van der Waals surface area contributed by atoms with Gasteiger partial charge in [-0.2, -0.15) is 0 Å². The summed E-state index contributed by atoms with van der Waals surface area (Å²) < 4.78 is 5.43. The molecule has 0 bridgehead atoms. The third-order valence-electron chi connectivity index (χ3n) is 2.81. The number of nitrogens with two attached hydrogens (primary N) is 1. The van der Waals surface area contributed by atoms with Crippen molar-refractivity contribution in [1.82, 2.24) is 0 Å². The predicted octanol–water partition coefficient (Wildman–Crippen LogP) is 2.65. The van der Waals surface area contributed by atoms with Crippen molar-refractivity contribution >= 4 is 11.5 Å². The lowest BCUT2D eigenvalue weighted by atomic mass is 10.1. The minimum Gasteiger partial charge on any atom is -0.487 e. The smallest absolute Gasteiger partial charge is 0.311 e. The quantitative estimate of drug-likeness (QED) is 0.190. The Hall–Kier alpha value is -2.31. The van der Waals surface area contributed by atoms with E-state index < -0.39 is 4.92 Å². The lowest BCUT2D eigenvalue weighted by molar-refractivity contribution is -0.385. The van der Waals surface area contributed by atoms with Gasteiger partial charge in [-0.25, -0.2) is 0 Å². The zero-order chi connectivity index (χ0) is 15.0. The molecule has 7 heteroatoms. The van der Waals surface area contributed by atoms with Gasteiger partial charge in [0.05, 0.1) is 11.5 Å². The van der Waals surface area contributed by atoms with Crippen molar-refractivity contribution in [3.8, 4) is 5.75 Å². The molecule has 0 aromatic heterocycles. The summed E-state index contributed by atoms with van der Waals surface area (Å²) in [4.78, 5) is 10.5. The van der Waals surface area contributed by atoms with E-state index in [-0.39, 0.29) is 22.8 Å². The number of benzene rings is 1. The van der Waals surface area contributed by atoms with Crippen LogP contribution in [-0.2, 0) is 0 Å². The number of nitro groups is 1. The number of ether oxygens (including phenoxy) is 1. The lowest BCUT2D eigenvalue weighted by Crippen LogP contribution is -2.13. The van der Waals surface area contributed by atoms with Crippen molar-refractivity contribution in [2.75, 3.05) is 6.61 Å². The third-order valence-corrected chi connectivity index (χ3v) is 2.81. The summed E-state index contributed by atoms with van der Waals surface area (Å²) in [6.07, 6.45) is 4.13. The molecule has 0 fully saturated rings. The van der Waals surface area contributed by atoms with Gasteiger partial charge in [0.15, 0.2) is 11.6 Å². The van der Waals surface area contributed by atoms with E-state index in [1.807, 2.05) is 0 Å². The van der Waals surface area contributed by atoms with Crippen LogP contribution in [0.15, 0.2) is 23.4 Å². The van der Waals surface area contributed by atoms with E-state index in [4.69, 9.17) is 15.7 Å². The van der Waals surface area contributed by atoms with Crippen LogP contribution in [0.25, 0.3) is 0 Å². The largest absolute Gasteiger partial charge is 0.487 e. The number of hydrogen-bond donors (Lipinski definition) is 2. The molecule has 1 aromatic rings. The average Bonchev–Trinajstić information content (AvgIpc) is 2.46. The van der Waals surface area contributed by atoms with Crippen LogP contribution in [0, 0.1) is 10.1 Å². The van der Waals surface area contributed by atoms with Gasteiger partial charge in [0, 0.05) is 11.6 Å². The highest BCUT2D eigenvalue weighted by atomic mass is 16.6. The Kier molecular flexibility index (Phi) is 6.28. The fourth-order valence-electron chi connectivity index (χ4n) is 1.71. The maximum absolute atomic E-state index is 11.0.